The van der Waals surface area contributed by atoms with Gasteiger partial charge in [-0.05, 0) is 44.7 Å². The van der Waals surface area contributed by atoms with Gasteiger partial charge in [0.1, 0.15) is 0 Å². The van der Waals surface area contributed by atoms with E-state index in [0.717, 1.165) is 38.0 Å². The van der Waals surface area contributed by atoms with Crippen LogP contribution in [0.3, 0.4) is 0 Å². The Bertz CT molecular complexity index is 693. The van der Waals surface area contributed by atoms with E-state index in [2.05, 4.69) is 17.9 Å². The second kappa shape index (κ2) is 9.18. The van der Waals surface area contributed by atoms with E-state index in [1.807, 2.05) is 41.0 Å². The summed E-state index contributed by atoms with van der Waals surface area (Å²) in [5.74, 6) is 0.286. The molecule has 2 amide bonds. The molecule has 2 saturated heterocycles. The topological polar surface area (TPSA) is 43.9 Å². The van der Waals surface area contributed by atoms with Crippen LogP contribution in [0, 0.1) is 6.92 Å². The largest absolute Gasteiger partial charge is 0.339 e. The first-order valence-electron chi connectivity index (χ1n) is 10.1. The molecule has 5 heteroatoms. The summed E-state index contributed by atoms with van der Waals surface area (Å²) >= 11 is 0. The number of rotatable bonds is 4. The van der Waals surface area contributed by atoms with Gasteiger partial charge in [-0.2, -0.15) is 0 Å². The Hall–Kier alpha value is -2.14. The zero-order chi connectivity index (χ0) is 19.2. The van der Waals surface area contributed by atoms with Gasteiger partial charge in [0.2, 0.25) is 11.8 Å². The maximum atomic E-state index is 12.6. The monoisotopic (exact) mass is 369 g/mol. The molecule has 0 spiro atoms. The Morgan fingerprint density at radius 1 is 1.11 bits per heavy atom. The first-order valence-corrected chi connectivity index (χ1v) is 10.1. The Kier molecular flexibility index (Phi) is 6.67. The molecule has 27 heavy (non-hydrogen) atoms. The second-order valence-electron chi connectivity index (χ2n) is 7.78. The van der Waals surface area contributed by atoms with Gasteiger partial charge in [0.15, 0.2) is 0 Å². The lowest BCUT2D eigenvalue weighted by Gasteiger charge is -2.37. The van der Waals surface area contributed by atoms with Gasteiger partial charge in [0.05, 0.1) is 6.54 Å². The van der Waals surface area contributed by atoms with Crippen LogP contribution in [0.1, 0.15) is 37.3 Å². The van der Waals surface area contributed by atoms with Gasteiger partial charge in [0.25, 0.3) is 0 Å². The van der Waals surface area contributed by atoms with Gasteiger partial charge in [-0.25, -0.2) is 0 Å². The van der Waals surface area contributed by atoms with Crippen molar-refractivity contribution in [3.8, 4) is 0 Å². The Balaban J connectivity index is 1.45. The number of benzene rings is 1. The second-order valence-corrected chi connectivity index (χ2v) is 7.78. The molecule has 3 rings (SSSR count). The molecule has 5 nitrogen and oxygen atoms in total. The molecule has 0 saturated carbocycles. The van der Waals surface area contributed by atoms with Gasteiger partial charge in [-0.15, -0.1) is 0 Å². The number of piperazine rings is 1. The molecule has 2 aliphatic heterocycles. The van der Waals surface area contributed by atoms with Crippen molar-refractivity contribution in [3.05, 3.63) is 41.5 Å². The lowest BCUT2D eigenvalue weighted by atomic mass is 10.0. The predicted octanol–water partition coefficient (Wildman–Crippen LogP) is 2.55. The van der Waals surface area contributed by atoms with E-state index in [1.54, 1.807) is 6.08 Å². The molecule has 1 aromatic carbocycles. The van der Waals surface area contributed by atoms with Gasteiger partial charge in [0, 0.05) is 44.8 Å². The number of amides is 2. The molecular weight excluding hydrogens is 338 g/mol. The fourth-order valence-corrected chi connectivity index (χ4v) is 3.92. The van der Waals surface area contributed by atoms with Crippen molar-refractivity contribution in [3.63, 3.8) is 0 Å². The summed E-state index contributed by atoms with van der Waals surface area (Å²) in [6.07, 6.45) is 6.99. The normalized spacial score (nSPS) is 21.6. The fraction of sp³-hybridized carbons (Fsp3) is 0.545. The average Bonchev–Trinajstić information content (AvgIpc) is 2.67. The summed E-state index contributed by atoms with van der Waals surface area (Å²) in [6, 6.07) is 8.47. The Labute approximate surface area is 162 Å². The summed E-state index contributed by atoms with van der Waals surface area (Å²) in [5.41, 5.74) is 2.23. The van der Waals surface area contributed by atoms with Gasteiger partial charge in [-0.1, -0.05) is 29.8 Å². The maximum Gasteiger partial charge on any atom is 0.246 e. The summed E-state index contributed by atoms with van der Waals surface area (Å²) < 4.78 is 0. The third kappa shape index (κ3) is 5.42. The average molecular weight is 370 g/mol. The number of aryl methyl sites for hydroxylation is 1. The van der Waals surface area contributed by atoms with E-state index in [4.69, 9.17) is 0 Å². The first kappa shape index (κ1) is 19.6. The van der Waals surface area contributed by atoms with E-state index in [1.165, 1.54) is 12.0 Å². The molecule has 2 aliphatic rings. The fourth-order valence-electron chi connectivity index (χ4n) is 3.92. The van der Waals surface area contributed by atoms with E-state index in [0.29, 0.717) is 25.7 Å². The summed E-state index contributed by atoms with van der Waals surface area (Å²) in [6.45, 7) is 8.45. The van der Waals surface area contributed by atoms with Crippen molar-refractivity contribution >= 4 is 17.9 Å². The predicted molar refractivity (Wildman–Crippen MR) is 108 cm³/mol. The molecule has 0 aromatic heterocycles. The smallest absolute Gasteiger partial charge is 0.246 e. The molecule has 146 valence electrons. The molecular formula is C22H31N3O2. The SMILES string of the molecule is Cc1cccc(C=CC(=O)N2CCN(CC(=O)N3CCCCC3C)CC2)c1. The zero-order valence-corrected chi connectivity index (χ0v) is 16.6. The molecule has 0 N–H and O–H groups in total. The zero-order valence-electron chi connectivity index (χ0n) is 16.6. The third-order valence-corrected chi connectivity index (χ3v) is 5.63. The lowest BCUT2D eigenvalue weighted by molar-refractivity contribution is -0.136. The summed E-state index contributed by atoms with van der Waals surface area (Å²) in [4.78, 5) is 31.1. The minimum Gasteiger partial charge on any atom is -0.339 e. The number of carbonyl (C=O) groups excluding carboxylic acids is 2. The highest BCUT2D eigenvalue weighted by Crippen LogP contribution is 2.17. The Morgan fingerprint density at radius 3 is 2.59 bits per heavy atom. The minimum atomic E-state index is 0.0483. The summed E-state index contributed by atoms with van der Waals surface area (Å²) in [7, 11) is 0. The number of carbonyl (C=O) groups is 2. The van der Waals surface area contributed by atoms with Crippen LogP contribution < -0.4 is 0 Å². The van der Waals surface area contributed by atoms with Crippen molar-refractivity contribution in [2.75, 3.05) is 39.3 Å². The number of nitrogens with zero attached hydrogens (tertiary/aromatic N) is 3. The first-order chi connectivity index (χ1) is 13.0. The molecule has 0 bridgehead atoms. The number of likely N-dealkylation sites (tertiary alicyclic amines) is 1. The van der Waals surface area contributed by atoms with Gasteiger partial charge < -0.3 is 9.80 Å². The Morgan fingerprint density at radius 2 is 1.89 bits per heavy atom. The van der Waals surface area contributed by atoms with Crippen molar-refractivity contribution in [1.82, 2.24) is 14.7 Å². The van der Waals surface area contributed by atoms with Crippen LogP contribution in [0.5, 0.6) is 0 Å². The van der Waals surface area contributed by atoms with Crippen LogP contribution in [0.2, 0.25) is 0 Å². The van der Waals surface area contributed by atoms with Crippen LogP contribution in [-0.4, -0.2) is 71.8 Å². The molecule has 0 aliphatic carbocycles. The van der Waals surface area contributed by atoms with Crippen molar-refractivity contribution in [2.24, 2.45) is 0 Å². The van der Waals surface area contributed by atoms with Crippen LogP contribution in [0.25, 0.3) is 6.08 Å². The molecule has 0 radical (unpaired) electrons. The molecule has 1 unspecified atom stereocenters. The van der Waals surface area contributed by atoms with Crippen molar-refractivity contribution in [2.45, 2.75) is 39.2 Å². The van der Waals surface area contributed by atoms with Crippen LogP contribution in [-0.2, 0) is 9.59 Å². The quantitative estimate of drug-likeness (QED) is 0.766. The molecule has 2 heterocycles. The van der Waals surface area contributed by atoms with Crippen LogP contribution >= 0.6 is 0 Å². The van der Waals surface area contributed by atoms with Gasteiger partial charge in [-0.3, -0.25) is 14.5 Å². The van der Waals surface area contributed by atoms with E-state index >= 15 is 0 Å². The minimum absolute atomic E-state index is 0.0483. The highest BCUT2D eigenvalue weighted by atomic mass is 16.2. The highest BCUT2D eigenvalue weighted by Gasteiger charge is 2.26. The number of piperidine rings is 1. The standard InChI is InChI=1S/C22H31N3O2/c1-18-6-5-8-20(16-18)9-10-21(26)24-14-12-23(13-15-24)17-22(27)25-11-4-3-7-19(25)2/h5-6,8-10,16,19H,3-4,7,11-15,17H2,1-2H3. The maximum absolute atomic E-state index is 12.6. The van der Waals surface area contributed by atoms with E-state index in [9.17, 15) is 9.59 Å². The van der Waals surface area contributed by atoms with Crippen molar-refractivity contribution < 1.29 is 9.59 Å². The lowest BCUT2D eigenvalue weighted by Crippen LogP contribution is -2.52. The molecule has 1 aromatic rings. The number of hydrogen-bond donors (Lipinski definition) is 0. The highest BCUT2D eigenvalue weighted by molar-refractivity contribution is 5.91. The molecule has 2 fully saturated rings. The molecule has 1 atom stereocenters. The van der Waals surface area contributed by atoms with Crippen LogP contribution in [0.15, 0.2) is 30.3 Å². The van der Waals surface area contributed by atoms with Crippen LogP contribution in [0.4, 0.5) is 0 Å². The summed E-state index contributed by atoms with van der Waals surface area (Å²) in [5, 5.41) is 0. The third-order valence-electron chi connectivity index (χ3n) is 5.63. The van der Waals surface area contributed by atoms with Gasteiger partial charge >= 0.3 is 0 Å². The number of hydrogen-bond acceptors (Lipinski definition) is 3. The van der Waals surface area contributed by atoms with E-state index < -0.39 is 0 Å². The van der Waals surface area contributed by atoms with E-state index in [-0.39, 0.29) is 11.8 Å². The van der Waals surface area contributed by atoms with Crippen molar-refractivity contribution in [1.29, 1.82) is 0 Å².